The van der Waals surface area contributed by atoms with Crippen LogP contribution in [-0.4, -0.2) is 32.7 Å². The number of hydrogen-bond acceptors (Lipinski definition) is 3. The van der Waals surface area contributed by atoms with Crippen molar-refractivity contribution in [3.8, 4) is 5.75 Å². The summed E-state index contributed by atoms with van der Waals surface area (Å²) in [6.07, 6.45) is 1.71. The maximum Gasteiger partial charge on any atom is 0.220 e. The Labute approximate surface area is 133 Å². The number of ether oxygens (including phenoxy) is 1. The van der Waals surface area contributed by atoms with E-state index in [1.54, 1.807) is 7.11 Å². The summed E-state index contributed by atoms with van der Waals surface area (Å²) in [4.78, 5) is 14.3. The van der Waals surface area contributed by atoms with Crippen LogP contribution in [-0.2, 0) is 4.79 Å². The van der Waals surface area contributed by atoms with Gasteiger partial charge in [-0.25, -0.2) is 0 Å². The smallest absolute Gasteiger partial charge is 0.220 e. The monoisotopic (exact) mass is 304 g/mol. The normalized spacial score (nSPS) is 18.4. The number of carbonyl (C=O) groups is 1. The summed E-state index contributed by atoms with van der Waals surface area (Å²) in [5, 5.41) is 3.09. The van der Waals surface area contributed by atoms with E-state index in [9.17, 15) is 4.79 Å². The molecule has 2 rings (SSSR count). The molecule has 1 unspecified atom stereocenters. The van der Waals surface area contributed by atoms with Crippen molar-refractivity contribution in [3.05, 3.63) is 24.3 Å². The molecule has 122 valence electrons. The lowest BCUT2D eigenvalue weighted by Crippen LogP contribution is -2.33. The average Bonchev–Trinajstić information content (AvgIpc) is 2.92. The lowest BCUT2D eigenvalue weighted by atomic mass is 9.92. The largest absolute Gasteiger partial charge is 0.497 e. The van der Waals surface area contributed by atoms with Crippen molar-refractivity contribution in [2.45, 2.75) is 33.6 Å². The highest BCUT2D eigenvalue weighted by molar-refractivity contribution is 5.76. The molecule has 1 fully saturated rings. The first-order chi connectivity index (χ1) is 10.4. The summed E-state index contributed by atoms with van der Waals surface area (Å²) in [5.74, 6) is 1.58. The van der Waals surface area contributed by atoms with Gasteiger partial charge in [-0.15, -0.1) is 0 Å². The zero-order valence-electron chi connectivity index (χ0n) is 14.2. The van der Waals surface area contributed by atoms with Gasteiger partial charge in [0.15, 0.2) is 0 Å². The van der Waals surface area contributed by atoms with E-state index in [0.717, 1.165) is 31.8 Å². The first-order valence-corrected chi connectivity index (χ1v) is 8.03. The molecule has 1 aromatic carbocycles. The minimum absolute atomic E-state index is 0.0505. The van der Waals surface area contributed by atoms with Crippen molar-refractivity contribution in [2.24, 2.45) is 11.3 Å². The van der Waals surface area contributed by atoms with Gasteiger partial charge in [-0.1, -0.05) is 20.8 Å². The van der Waals surface area contributed by atoms with Crippen molar-refractivity contribution >= 4 is 11.6 Å². The molecule has 1 amide bonds. The molecule has 1 aliphatic rings. The van der Waals surface area contributed by atoms with Gasteiger partial charge in [-0.2, -0.15) is 0 Å². The fourth-order valence-electron chi connectivity index (χ4n) is 2.83. The second kappa shape index (κ2) is 7.03. The van der Waals surface area contributed by atoms with Crippen LogP contribution in [0.2, 0.25) is 0 Å². The standard InChI is InChI=1S/C18H28N2O2/c1-18(2,3)11-17(21)19-12-14-9-10-20(13-14)15-5-7-16(22-4)8-6-15/h5-8,14H,9-13H2,1-4H3,(H,19,21). The van der Waals surface area contributed by atoms with Crippen molar-refractivity contribution in [3.63, 3.8) is 0 Å². The Morgan fingerprint density at radius 1 is 1.32 bits per heavy atom. The van der Waals surface area contributed by atoms with E-state index in [1.165, 1.54) is 5.69 Å². The lowest BCUT2D eigenvalue weighted by Gasteiger charge is -2.20. The first kappa shape index (κ1) is 16.7. The van der Waals surface area contributed by atoms with E-state index >= 15 is 0 Å². The molecule has 0 saturated carbocycles. The quantitative estimate of drug-likeness (QED) is 0.909. The Kier molecular flexibility index (Phi) is 5.33. The molecule has 1 aliphatic heterocycles. The summed E-state index contributed by atoms with van der Waals surface area (Å²) in [5.41, 5.74) is 1.28. The summed E-state index contributed by atoms with van der Waals surface area (Å²) in [6.45, 7) is 9.10. The van der Waals surface area contributed by atoms with E-state index < -0.39 is 0 Å². The molecular weight excluding hydrogens is 276 g/mol. The zero-order valence-corrected chi connectivity index (χ0v) is 14.2. The van der Waals surface area contributed by atoms with Crippen molar-refractivity contribution in [1.82, 2.24) is 5.32 Å². The molecule has 0 bridgehead atoms. The van der Waals surface area contributed by atoms with Gasteiger partial charge in [0.1, 0.15) is 5.75 Å². The molecule has 1 saturated heterocycles. The minimum Gasteiger partial charge on any atom is -0.497 e. The molecule has 4 nitrogen and oxygen atoms in total. The fourth-order valence-corrected chi connectivity index (χ4v) is 2.83. The highest BCUT2D eigenvalue weighted by Crippen LogP contribution is 2.25. The third kappa shape index (κ3) is 4.93. The fraction of sp³-hybridized carbons (Fsp3) is 0.611. The van der Waals surface area contributed by atoms with Crippen LogP contribution in [0.1, 0.15) is 33.6 Å². The van der Waals surface area contributed by atoms with E-state index in [2.05, 4.69) is 43.1 Å². The maximum atomic E-state index is 11.9. The molecule has 0 aromatic heterocycles. The third-order valence-electron chi connectivity index (χ3n) is 4.00. The van der Waals surface area contributed by atoms with Crippen molar-refractivity contribution < 1.29 is 9.53 Å². The molecule has 0 spiro atoms. The van der Waals surface area contributed by atoms with Crippen LogP contribution in [0.15, 0.2) is 24.3 Å². The molecule has 22 heavy (non-hydrogen) atoms. The Morgan fingerprint density at radius 3 is 2.59 bits per heavy atom. The maximum absolute atomic E-state index is 11.9. The van der Waals surface area contributed by atoms with E-state index in [1.807, 2.05) is 12.1 Å². The third-order valence-corrected chi connectivity index (χ3v) is 4.00. The van der Waals surface area contributed by atoms with Crippen molar-refractivity contribution in [2.75, 3.05) is 31.6 Å². The zero-order chi connectivity index (χ0) is 16.2. The van der Waals surface area contributed by atoms with E-state index in [0.29, 0.717) is 12.3 Å². The summed E-state index contributed by atoms with van der Waals surface area (Å²) in [6, 6.07) is 8.18. The number of nitrogens with zero attached hydrogens (tertiary/aromatic N) is 1. The number of nitrogens with one attached hydrogen (secondary N) is 1. The van der Waals surface area contributed by atoms with Crippen LogP contribution in [0.25, 0.3) is 0 Å². The highest BCUT2D eigenvalue weighted by atomic mass is 16.5. The number of amides is 1. The SMILES string of the molecule is COc1ccc(N2CCC(CNC(=O)CC(C)(C)C)C2)cc1. The van der Waals surface area contributed by atoms with Gasteiger partial charge in [-0.05, 0) is 42.0 Å². The predicted octanol–water partition coefficient (Wildman–Crippen LogP) is 3.07. The molecule has 1 atom stereocenters. The summed E-state index contributed by atoms with van der Waals surface area (Å²) < 4.78 is 5.19. The van der Waals surface area contributed by atoms with Gasteiger partial charge < -0.3 is 15.0 Å². The second-order valence-corrected chi connectivity index (χ2v) is 7.34. The van der Waals surface area contributed by atoms with Crippen LogP contribution in [0.5, 0.6) is 5.75 Å². The topological polar surface area (TPSA) is 41.6 Å². The Balaban J connectivity index is 1.78. The molecule has 0 aliphatic carbocycles. The van der Waals surface area contributed by atoms with Gasteiger partial charge in [0.2, 0.25) is 5.91 Å². The molecule has 4 heteroatoms. The van der Waals surface area contributed by atoms with Crippen LogP contribution in [0, 0.1) is 11.3 Å². The summed E-state index contributed by atoms with van der Waals surface area (Å²) in [7, 11) is 1.68. The molecule has 0 radical (unpaired) electrons. The number of hydrogen-bond donors (Lipinski definition) is 1. The van der Waals surface area contributed by atoms with E-state index in [4.69, 9.17) is 4.74 Å². The van der Waals surface area contributed by atoms with Crippen LogP contribution in [0.3, 0.4) is 0 Å². The first-order valence-electron chi connectivity index (χ1n) is 8.03. The molecular formula is C18H28N2O2. The van der Waals surface area contributed by atoms with Crippen LogP contribution >= 0.6 is 0 Å². The number of rotatable bonds is 5. The number of methoxy groups -OCH3 is 1. The van der Waals surface area contributed by atoms with E-state index in [-0.39, 0.29) is 11.3 Å². The average molecular weight is 304 g/mol. The van der Waals surface area contributed by atoms with Gasteiger partial charge in [0.05, 0.1) is 7.11 Å². The van der Waals surface area contributed by atoms with Crippen molar-refractivity contribution in [1.29, 1.82) is 0 Å². The summed E-state index contributed by atoms with van der Waals surface area (Å²) >= 11 is 0. The van der Waals surface area contributed by atoms with Gasteiger partial charge >= 0.3 is 0 Å². The molecule has 1 aromatic rings. The lowest BCUT2D eigenvalue weighted by molar-refractivity contribution is -0.122. The number of carbonyl (C=O) groups excluding carboxylic acids is 1. The highest BCUT2D eigenvalue weighted by Gasteiger charge is 2.24. The van der Waals surface area contributed by atoms with Gasteiger partial charge in [0, 0.05) is 31.7 Å². The van der Waals surface area contributed by atoms with Crippen LogP contribution in [0.4, 0.5) is 5.69 Å². The second-order valence-electron chi connectivity index (χ2n) is 7.34. The van der Waals surface area contributed by atoms with Crippen LogP contribution < -0.4 is 15.0 Å². The Hall–Kier alpha value is -1.71. The minimum atomic E-state index is 0.0505. The molecule has 1 heterocycles. The van der Waals surface area contributed by atoms with Gasteiger partial charge in [0.25, 0.3) is 0 Å². The Bertz CT molecular complexity index is 491. The number of benzene rings is 1. The Morgan fingerprint density at radius 2 is 2.00 bits per heavy atom. The number of anilines is 1. The van der Waals surface area contributed by atoms with Gasteiger partial charge in [-0.3, -0.25) is 4.79 Å². The molecule has 1 N–H and O–H groups in total. The predicted molar refractivity (Wildman–Crippen MR) is 90.4 cm³/mol.